The van der Waals surface area contributed by atoms with E-state index in [0.29, 0.717) is 27.3 Å². The molecule has 156 valence electrons. The second-order valence-electron chi connectivity index (χ2n) is 7.75. The third-order valence-electron chi connectivity index (χ3n) is 5.05. The summed E-state index contributed by atoms with van der Waals surface area (Å²) in [5.41, 5.74) is 9.05. The van der Waals surface area contributed by atoms with Gasteiger partial charge in [0.15, 0.2) is 0 Å². The number of amides is 1. The van der Waals surface area contributed by atoms with Gasteiger partial charge >= 0.3 is 0 Å². The number of benzene rings is 2. The molecule has 1 fully saturated rings. The molecule has 0 spiro atoms. The lowest BCUT2D eigenvalue weighted by Gasteiger charge is -2.35. The van der Waals surface area contributed by atoms with Crippen LogP contribution in [0.5, 0.6) is 0 Å². The van der Waals surface area contributed by atoms with Gasteiger partial charge in [-0.15, -0.1) is 0 Å². The molecule has 2 aromatic rings. The van der Waals surface area contributed by atoms with Crippen LogP contribution in [0.4, 0.5) is 5.69 Å². The van der Waals surface area contributed by atoms with Gasteiger partial charge in [-0.05, 0) is 53.0 Å². The van der Waals surface area contributed by atoms with Crippen molar-refractivity contribution in [3.63, 3.8) is 0 Å². The van der Waals surface area contributed by atoms with Crippen LogP contribution in [-0.2, 0) is 17.8 Å². The molecule has 0 radical (unpaired) electrons. The summed E-state index contributed by atoms with van der Waals surface area (Å²) in [4.78, 5) is 16.9. The second kappa shape index (κ2) is 9.47. The van der Waals surface area contributed by atoms with Crippen molar-refractivity contribution in [3.05, 3.63) is 62.6 Å². The standard InChI is InChI=1S/C22H27BrClN3O2/c1-14-10-27(11-15(2)29-14)13-17-6-4-16(5-7-17)12-26(3)22(28)20-19(24)9-8-18(23)21(20)25/h4-9,14-15H,10-13,25H2,1-3H3/t14-,15+. The van der Waals surface area contributed by atoms with Gasteiger partial charge in [-0.3, -0.25) is 9.69 Å². The number of ether oxygens (including phenoxy) is 1. The number of nitrogens with zero attached hydrogens (tertiary/aromatic N) is 2. The zero-order valence-electron chi connectivity index (χ0n) is 17.0. The Labute approximate surface area is 185 Å². The SMILES string of the molecule is C[C@@H]1CN(Cc2ccc(CN(C)C(=O)c3c(Cl)ccc(Br)c3N)cc2)C[C@H](C)O1. The predicted octanol–water partition coefficient (Wildman–Crippen LogP) is 4.57. The molecule has 7 heteroatoms. The second-order valence-corrected chi connectivity index (χ2v) is 9.01. The van der Waals surface area contributed by atoms with E-state index in [2.05, 4.69) is 58.9 Å². The normalized spacial score (nSPS) is 19.9. The molecule has 2 atom stereocenters. The molecule has 5 nitrogen and oxygen atoms in total. The van der Waals surface area contributed by atoms with Crippen LogP contribution in [-0.4, -0.2) is 48.1 Å². The number of hydrogen-bond donors (Lipinski definition) is 1. The van der Waals surface area contributed by atoms with E-state index in [1.807, 2.05) is 0 Å². The van der Waals surface area contributed by atoms with Gasteiger partial charge in [-0.25, -0.2) is 0 Å². The first-order valence-corrected chi connectivity index (χ1v) is 10.9. The number of carbonyl (C=O) groups is 1. The number of nitrogens with two attached hydrogens (primary N) is 1. The van der Waals surface area contributed by atoms with Gasteiger partial charge in [-0.1, -0.05) is 35.9 Å². The number of morpholine rings is 1. The number of nitrogen functional groups attached to an aromatic ring is 1. The summed E-state index contributed by atoms with van der Waals surface area (Å²) in [5.74, 6) is -0.200. The molecule has 1 saturated heterocycles. The molecular weight excluding hydrogens is 454 g/mol. The van der Waals surface area contributed by atoms with Crippen molar-refractivity contribution in [1.82, 2.24) is 9.80 Å². The zero-order chi connectivity index (χ0) is 21.1. The van der Waals surface area contributed by atoms with Crippen molar-refractivity contribution in [3.8, 4) is 0 Å². The van der Waals surface area contributed by atoms with E-state index >= 15 is 0 Å². The number of anilines is 1. The fourth-order valence-corrected chi connectivity index (χ4v) is 4.32. The minimum Gasteiger partial charge on any atom is -0.397 e. The quantitative estimate of drug-likeness (QED) is 0.637. The molecule has 0 saturated carbocycles. The lowest BCUT2D eigenvalue weighted by Crippen LogP contribution is -2.44. The van der Waals surface area contributed by atoms with E-state index in [4.69, 9.17) is 22.1 Å². The maximum Gasteiger partial charge on any atom is 0.257 e. The molecule has 1 aliphatic rings. The summed E-state index contributed by atoms with van der Waals surface area (Å²) < 4.78 is 6.46. The van der Waals surface area contributed by atoms with Crippen LogP contribution in [0.2, 0.25) is 5.02 Å². The monoisotopic (exact) mass is 479 g/mol. The highest BCUT2D eigenvalue weighted by molar-refractivity contribution is 9.10. The molecule has 1 amide bonds. The molecule has 2 aromatic carbocycles. The Morgan fingerprint density at radius 3 is 2.38 bits per heavy atom. The summed E-state index contributed by atoms with van der Waals surface area (Å²) in [5, 5.41) is 0.354. The maximum atomic E-state index is 12.9. The van der Waals surface area contributed by atoms with Crippen LogP contribution >= 0.6 is 27.5 Å². The first kappa shape index (κ1) is 22.1. The van der Waals surface area contributed by atoms with Crippen molar-refractivity contribution >= 4 is 39.1 Å². The van der Waals surface area contributed by atoms with Crippen LogP contribution in [0.25, 0.3) is 0 Å². The predicted molar refractivity (Wildman–Crippen MR) is 121 cm³/mol. The van der Waals surface area contributed by atoms with Crippen molar-refractivity contribution in [2.45, 2.75) is 39.1 Å². The fraction of sp³-hybridized carbons (Fsp3) is 0.409. The Morgan fingerprint density at radius 2 is 1.76 bits per heavy atom. The van der Waals surface area contributed by atoms with Gasteiger partial charge in [-0.2, -0.15) is 0 Å². The van der Waals surface area contributed by atoms with E-state index < -0.39 is 0 Å². The number of halogens is 2. The maximum absolute atomic E-state index is 12.9. The van der Waals surface area contributed by atoms with E-state index in [9.17, 15) is 4.79 Å². The summed E-state index contributed by atoms with van der Waals surface area (Å²) in [7, 11) is 1.75. The van der Waals surface area contributed by atoms with Gasteiger partial charge in [0.05, 0.1) is 28.5 Å². The molecule has 0 unspecified atom stereocenters. The highest BCUT2D eigenvalue weighted by Crippen LogP contribution is 2.30. The van der Waals surface area contributed by atoms with Gasteiger partial charge in [0.25, 0.3) is 5.91 Å². The molecule has 0 bridgehead atoms. The molecule has 0 aromatic heterocycles. The molecular formula is C22H27BrClN3O2. The van der Waals surface area contributed by atoms with E-state index in [-0.39, 0.29) is 18.1 Å². The third kappa shape index (κ3) is 5.51. The Kier molecular flexibility index (Phi) is 7.22. The van der Waals surface area contributed by atoms with Gasteiger partial charge in [0.1, 0.15) is 0 Å². The fourth-order valence-electron chi connectivity index (χ4n) is 3.74. The van der Waals surface area contributed by atoms with Crippen molar-refractivity contribution in [1.29, 1.82) is 0 Å². The molecule has 1 heterocycles. The largest absolute Gasteiger partial charge is 0.397 e. The first-order valence-electron chi connectivity index (χ1n) is 9.69. The third-order valence-corrected chi connectivity index (χ3v) is 6.05. The first-order chi connectivity index (χ1) is 13.7. The smallest absolute Gasteiger partial charge is 0.257 e. The number of rotatable bonds is 5. The highest BCUT2D eigenvalue weighted by Gasteiger charge is 2.22. The van der Waals surface area contributed by atoms with Crippen LogP contribution in [0.1, 0.15) is 35.3 Å². The van der Waals surface area contributed by atoms with Gasteiger partial charge in [0, 0.05) is 37.7 Å². The van der Waals surface area contributed by atoms with Crippen molar-refractivity contribution < 1.29 is 9.53 Å². The van der Waals surface area contributed by atoms with Crippen LogP contribution < -0.4 is 5.73 Å². The topological polar surface area (TPSA) is 58.8 Å². The number of carbonyl (C=O) groups excluding carboxylic acids is 1. The minimum absolute atomic E-state index is 0.200. The van der Waals surface area contributed by atoms with Gasteiger partial charge < -0.3 is 15.4 Å². The Morgan fingerprint density at radius 1 is 1.17 bits per heavy atom. The van der Waals surface area contributed by atoms with Crippen LogP contribution in [0.15, 0.2) is 40.9 Å². The minimum atomic E-state index is -0.200. The van der Waals surface area contributed by atoms with E-state index in [1.54, 1.807) is 24.1 Å². The lowest BCUT2D eigenvalue weighted by molar-refractivity contribution is -0.0704. The lowest BCUT2D eigenvalue weighted by atomic mass is 10.1. The van der Waals surface area contributed by atoms with Crippen LogP contribution in [0.3, 0.4) is 0 Å². The summed E-state index contributed by atoms with van der Waals surface area (Å²) in [6, 6.07) is 11.8. The highest BCUT2D eigenvalue weighted by atomic mass is 79.9. The van der Waals surface area contributed by atoms with Gasteiger partial charge in [0.2, 0.25) is 0 Å². The Balaban J connectivity index is 1.64. The average Bonchev–Trinajstić information content (AvgIpc) is 2.65. The zero-order valence-corrected chi connectivity index (χ0v) is 19.3. The molecule has 1 aliphatic heterocycles. The van der Waals surface area contributed by atoms with Crippen molar-refractivity contribution in [2.75, 3.05) is 25.9 Å². The summed E-state index contributed by atoms with van der Waals surface area (Å²) >= 11 is 9.57. The van der Waals surface area contributed by atoms with Crippen molar-refractivity contribution in [2.24, 2.45) is 0 Å². The van der Waals surface area contributed by atoms with E-state index in [1.165, 1.54) is 5.56 Å². The molecule has 2 N–H and O–H groups in total. The molecule has 3 rings (SSSR count). The van der Waals surface area contributed by atoms with Crippen LogP contribution in [0, 0.1) is 0 Å². The Bertz CT molecular complexity index is 865. The molecule has 0 aliphatic carbocycles. The number of hydrogen-bond acceptors (Lipinski definition) is 4. The molecule has 29 heavy (non-hydrogen) atoms. The summed E-state index contributed by atoms with van der Waals surface area (Å²) in [6.07, 6.45) is 0.518. The average molecular weight is 481 g/mol. The van der Waals surface area contributed by atoms with E-state index in [0.717, 1.165) is 25.2 Å². The summed E-state index contributed by atoms with van der Waals surface area (Å²) in [6.45, 7) is 7.49. The Hall–Kier alpha value is -1.60.